The van der Waals surface area contributed by atoms with Crippen LogP contribution in [0.25, 0.3) is 11.1 Å². The number of thiazole rings is 1. The number of aryl methyl sites for hydroxylation is 1. The van der Waals surface area contributed by atoms with Crippen LogP contribution in [0.1, 0.15) is 45.9 Å². The van der Waals surface area contributed by atoms with Crippen molar-refractivity contribution in [3.8, 4) is 16.9 Å². The summed E-state index contributed by atoms with van der Waals surface area (Å²) in [5.41, 5.74) is -0.233. The van der Waals surface area contributed by atoms with Crippen LogP contribution in [0.15, 0.2) is 24.5 Å². The Bertz CT molecular complexity index is 1440. The van der Waals surface area contributed by atoms with Gasteiger partial charge in [0.25, 0.3) is 5.91 Å². The third-order valence-corrected chi connectivity index (χ3v) is 8.19. The molecule has 1 saturated carbocycles. The van der Waals surface area contributed by atoms with Crippen molar-refractivity contribution in [1.82, 2.24) is 19.9 Å². The molecule has 3 aromatic heterocycles. The number of nitrogens with one attached hydrogen (secondary N) is 1. The second-order valence-electron chi connectivity index (χ2n) is 9.58. The number of carbonyl (C=O) groups is 2. The highest BCUT2D eigenvalue weighted by atomic mass is 35.5. The van der Waals surface area contributed by atoms with Crippen LogP contribution in [-0.4, -0.2) is 55.7 Å². The van der Waals surface area contributed by atoms with Gasteiger partial charge >= 0.3 is 6.18 Å². The first-order valence-corrected chi connectivity index (χ1v) is 13.1. The Morgan fingerprint density at radius 3 is 2.67 bits per heavy atom. The number of ether oxygens (including phenoxy) is 1. The summed E-state index contributed by atoms with van der Waals surface area (Å²) >= 11 is 7.28. The van der Waals surface area contributed by atoms with Crippen molar-refractivity contribution in [2.45, 2.75) is 51.1 Å². The van der Waals surface area contributed by atoms with Crippen molar-refractivity contribution < 1.29 is 32.6 Å². The summed E-state index contributed by atoms with van der Waals surface area (Å²) in [4.78, 5) is 41.0. The van der Waals surface area contributed by atoms with Crippen molar-refractivity contribution in [2.24, 2.45) is 5.92 Å². The van der Waals surface area contributed by atoms with Gasteiger partial charge in [-0.1, -0.05) is 22.9 Å². The molecule has 1 fully saturated rings. The molecule has 0 spiro atoms. The van der Waals surface area contributed by atoms with E-state index in [1.807, 2.05) is 0 Å². The molecule has 1 aliphatic carbocycles. The van der Waals surface area contributed by atoms with E-state index in [1.165, 1.54) is 35.7 Å². The monoisotopic (exact) mass is 581 g/mol. The van der Waals surface area contributed by atoms with Gasteiger partial charge in [0.05, 0.1) is 42.5 Å². The summed E-state index contributed by atoms with van der Waals surface area (Å²) in [6.45, 7) is 2.08. The lowest BCUT2D eigenvalue weighted by Crippen LogP contribution is -2.43. The first kappa shape index (κ1) is 27.3. The van der Waals surface area contributed by atoms with Gasteiger partial charge in [0, 0.05) is 28.9 Å². The van der Waals surface area contributed by atoms with Gasteiger partial charge in [-0.15, -0.1) is 0 Å². The number of nitrogens with zero attached hydrogens (tertiary/aromatic N) is 4. The molecule has 0 radical (unpaired) electrons. The molecule has 2 aliphatic rings. The predicted octanol–water partition coefficient (Wildman–Crippen LogP) is 4.76. The topological polar surface area (TPSA) is 118 Å². The Hall–Kier alpha value is -3.29. The molecule has 9 nitrogen and oxygen atoms in total. The molecule has 0 bridgehead atoms. The molecule has 206 valence electrons. The van der Waals surface area contributed by atoms with Crippen molar-refractivity contribution in [2.75, 3.05) is 12.4 Å². The average Bonchev–Trinajstić information content (AvgIpc) is 3.57. The van der Waals surface area contributed by atoms with E-state index >= 15 is 0 Å². The predicted molar refractivity (Wildman–Crippen MR) is 136 cm³/mol. The molecule has 3 aromatic rings. The number of anilines is 1. The standard InChI is InChI=1S/C25H23ClF3N5O4S/c1-12-5-14(15-6-20(26)31-9-18(15)38-2)16(8-30-12)21(35)33-23-32-17-10-34(11-19(17)39-23)22(36)13-3-4-24(37,7-13)25(27,28)29/h5-6,8-9,13,37H,3-4,7,10-11H2,1-2H3,(H,32,33,35)/t13-,24-/m1/s1. The van der Waals surface area contributed by atoms with Crippen LogP contribution in [-0.2, 0) is 17.9 Å². The minimum atomic E-state index is -4.78. The number of aliphatic hydroxyl groups is 1. The third kappa shape index (κ3) is 5.18. The molecular weight excluding hydrogens is 559 g/mol. The van der Waals surface area contributed by atoms with Crippen LogP contribution in [0, 0.1) is 12.8 Å². The van der Waals surface area contributed by atoms with Gasteiger partial charge in [-0.2, -0.15) is 13.2 Å². The summed E-state index contributed by atoms with van der Waals surface area (Å²) in [6.07, 6.45) is -3.04. The van der Waals surface area contributed by atoms with Crippen LogP contribution in [0.4, 0.5) is 18.3 Å². The largest absolute Gasteiger partial charge is 0.494 e. The van der Waals surface area contributed by atoms with Gasteiger partial charge in [-0.25, -0.2) is 9.97 Å². The van der Waals surface area contributed by atoms with E-state index in [4.69, 9.17) is 16.3 Å². The first-order chi connectivity index (χ1) is 18.4. The van der Waals surface area contributed by atoms with Crippen LogP contribution < -0.4 is 10.1 Å². The van der Waals surface area contributed by atoms with E-state index in [-0.39, 0.29) is 30.2 Å². The SMILES string of the molecule is COc1cnc(Cl)cc1-c1cc(C)ncc1C(=O)Nc1nc2c(s1)CN(C(=O)[C@@H]1CC[C@](O)(C(F)(F)F)C1)C2. The fraction of sp³-hybridized carbons (Fsp3) is 0.400. The smallest absolute Gasteiger partial charge is 0.417 e. The first-order valence-electron chi connectivity index (χ1n) is 11.9. The number of pyridine rings is 2. The number of halogens is 4. The summed E-state index contributed by atoms with van der Waals surface area (Å²) in [7, 11) is 1.48. The summed E-state index contributed by atoms with van der Waals surface area (Å²) in [5, 5.41) is 13.2. The minimum absolute atomic E-state index is 0.0336. The van der Waals surface area contributed by atoms with Crippen LogP contribution in [0.5, 0.6) is 5.75 Å². The van der Waals surface area contributed by atoms with E-state index in [1.54, 1.807) is 19.1 Å². The average molecular weight is 582 g/mol. The molecule has 2 amide bonds. The Morgan fingerprint density at radius 1 is 1.23 bits per heavy atom. The number of fused-ring (bicyclic) bond motifs is 1. The molecule has 39 heavy (non-hydrogen) atoms. The van der Waals surface area contributed by atoms with Gasteiger partial charge < -0.3 is 14.7 Å². The lowest BCUT2D eigenvalue weighted by atomic mass is 9.99. The zero-order valence-corrected chi connectivity index (χ0v) is 22.4. The zero-order chi connectivity index (χ0) is 28.1. The highest BCUT2D eigenvalue weighted by molar-refractivity contribution is 7.16. The number of rotatable bonds is 5. The lowest BCUT2D eigenvalue weighted by Gasteiger charge is -2.26. The van der Waals surface area contributed by atoms with E-state index in [0.29, 0.717) is 33.4 Å². The minimum Gasteiger partial charge on any atom is -0.494 e. The molecule has 2 N–H and O–H groups in total. The van der Waals surface area contributed by atoms with Crippen molar-refractivity contribution >= 4 is 39.9 Å². The molecular formula is C25H23ClF3N5O4S. The Morgan fingerprint density at radius 2 is 2.00 bits per heavy atom. The van der Waals surface area contributed by atoms with Gasteiger partial charge in [0.15, 0.2) is 10.7 Å². The highest BCUT2D eigenvalue weighted by Gasteiger charge is 2.58. The zero-order valence-electron chi connectivity index (χ0n) is 20.8. The number of methoxy groups -OCH3 is 1. The van der Waals surface area contributed by atoms with E-state index in [2.05, 4.69) is 20.3 Å². The number of hydrogen-bond acceptors (Lipinski definition) is 8. The number of aromatic nitrogens is 3. The van der Waals surface area contributed by atoms with Crippen molar-refractivity contribution in [3.63, 3.8) is 0 Å². The molecule has 2 atom stereocenters. The molecule has 14 heteroatoms. The number of alkyl halides is 3. The van der Waals surface area contributed by atoms with Gasteiger partial charge in [0.2, 0.25) is 5.91 Å². The maximum atomic E-state index is 13.3. The number of carbonyl (C=O) groups excluding carboxylic acids is 2. The maximum Gasteiger partial charge on any atom is 0.417 e. The Labute approximate surface area is 230 Å². The normalized spacial score (nSPS) is 20.7. The molecule has 0 aromatic carbocycles. The molecule has 0 unspecified atom stereocenters. The molecule has 0 saturated heterocycles. The number of hydrogen-bond donors (Lipinski definition) is 2. The Kier molecular flexibility index (Phi) is 7.02. The molecule has 4 heterocycles. The van der Waals surface area contributed by atoms with E-state index < -0.39 is 42.4 Å². The van der Waals surface area contributed by atoms with E-state index in [0.717, 1.165) is 4.88 Å². The van der Waals surface area contributed by atoms with Gasteiger partial charge in [-0.05, 0) is 38.3 Å². The fourth-order valence-corrected chi connectivity index (χ4v) is 6.06. The summed E-state index contributed by atoms with van der Waals surface area (Å²) < 4.78 is 44.9. The third-order valence-electron chi connectivity index (χ3n) is 6.98. The maximum absolute atomic E-state index is 13.3. The van der Waals surface area contributed by atoms with Crippen molar-refractivity contribution in [1.29, 1.82) is 0 Å². The fourth-order valence-electron chi connectivity index (χ4n) is 4.92. The van der Waals surface area contributed by atoms with E-state index in [9.17, 15) is 27.9 Å². The van der Waals surface area contributed by atoms with Crippen LogP contribution in [0.2, 0.25) is 5.15 Å². The van der Waals surface area contributed by atoms with Crippen LogP contribution in [0.3, 0.4) is 0 Å². The number of amides is 2. The van der Waals surface area contributed by atoms with Gasteiger partial charge in [0.1, 0.15) is 10.9 Å². The summed E-state index contributed by atoms with van der Waals surface area (Å²) in [5.74, 6) is -1.39. The lowest BCUT2D eigenvalue weighted by molar-refractivity contribution is -0.258. The molecule has 5 rings (SSSR count). The quantitative estimate of drug-likeness (QED) is 0.417. The Balaban J connectivity index is 1.30. The second kappa shape index (κ2) is 10.0. The molecule has 1 aliphatic heterocycles. The summed E-state index contributed by atoms with van der Waals surface area (Å²) in [6, 6.07) is 3.33. The van der Waals surface area contributed by atoms with Gasteiger partial charge in [-0.3, -0.25) is 19.9 Å². The highest BCUT2D eigenvalue weighted by Crippen LogP contribution is 2.46. The van der Waals surface area contributed by atoms with Crippen LogP contribution >= 0.6 is 22.9 Å². The van der Waals surface area contributed by atoms with Crippen molar-refractivity contribution in [3.05, 3.63) is 51.5 Å². The second-order valence-corrected chi connectivity index (χ2v) is 11.1.